The lowest BCUT2D eigenvalue weighted by Gasteiger charge is -2.56. The van der Waals surface area contributed by atoms with E-state index in [2.05, 4.69) is 13.8 Å². The van der Waals surface area contributed by atoms with Crippen LogP contribution in [0.4, 0.5) is 4.39 Å². The van der Waals surface area contributed by atoms with Crippen molar-refractivity contribution in [2.45, 2.75) is 20.3 Å². The maximum atomic E-state index is 13.1. The summed E-state index contributed by atoms with van der Waals surface area (Å²) in [6.07, 6.45) is 1.08. The number of rotatable bonds is 5. The first-order valence-corrected chi connectivity index (χ1v) is 8.01. The molecule has 1 saturated heterocycles. The van der Waals surface area contributed by atoms with Crippen LogP contribution in [0.25, 0.3) is 0 Å². The van der Waals surface area contributed by atoms with Gasteiger partial charge in [-0.2, -0.15) is 0 Å². The average Bonchev–Trinajstić information content (AvgIpc) is 2.80. The number of carbonyl (C=O) groups excluding carboxylic acids is 1. The van der Waals surface area contributed by atoms with E-state index in [1.54, 1.807) is 19.2 Å². The van der Waals surface area contributed by atoms with Gasteiger partial charge in [0.2, 0.25) is 0 Å². The van der Waals surface area contributed by atoms with Crippen molar-refractivity contribution in [1.82, 2.24) is 4.90 Å². The predicted octanol–water partition coefficient (Wildman–Crippen LogP) is 2.73. The molecule has 4 nitrogen and oxygen atoms in total. The number of likely N-dealkylation sites (tertiary alicyclic amines) is 1. The van der Waals surface area contributed by atoms with E-state index >= 15 is 0 Å². The fourth-order valence-electron chi connectivity index (χ4n) is 4.59. The fraction of sp³-hybridized carbons (Fsp3) is 0.611. The second kappa shape index (κ2) is 5.78. The number of hydrogen-bond donors (Lipinski definition) is 0. The van der Waals surface area contributed by atoms with Gasteiger partial charge in [-0.3, -0.25) is 4.79 Å². The second-order valence-electron chi connectivity index (χ2n) is 7.53. The summed E-state index contributed by atoms with van der Waals surface area (Å²) in [6, 6.07) is 5.86. The molecule has 0 bridgehead atoms. The van der Waals surface area contributed by atoms with Crippen LogP contribution in [-0.2, 0) is 9.53 Å². The number of nitrogens with zero attached hydrogens (tertiary/aromatic N) is 1. The highest BCUT2D eigenvalue weighted by atomic mass is 19.1. The van der Waals surface area contributed by atoms with Crippen LogP contribution in [0, 0.1) is 22.6 Å². The van der Waals surface area contributed by atoms with Gasteiger partial charge in [-0.1, -0.05) is 19.9 Å². The Morgan fingerprint density at radius 1 is 1.43 bits per heavy atom. The molecule has 3 rings (SSSR count). The zero-order valence-electron chi connectivity index (χ0n) is 14.0. The molecule has 2 fully saturated rings. The Kier molecular flexibility index (Phi) is 4.08. The minimum absolute atomic E-state index is 0.0464. The highest BCUT2D eigenvalue weighted by molar-refractivity contribution is 5.78. The van der Waals surface area contributed by atoms with Crippen LogP contribution >= 0.6 is 0 Å². The topological polar surface area (TPSA) is 38.8 Å². The lowest BCUT2D eigenvalue weighted by atomic mass is 9.48. The smallest absolute Gasteiger partial charge is 0.260 e. The Balaban J connectivity index is 1.61. The van der Waals surface area contributed by atoms with Gasteiger partial charge in [0.1, 0.15) is 11.6 Å². The SMILES string of the molecule is COC[C@@]12CN(C(=O)COc3cccc(F)c3)C[C@@H]1C(C)(C)C2. The van der Waals surface area contributed by atoms with Gasteiger partial charge < -0.3 is 14.4 Å². The van der Waals surface area contributed by atoms with E-state index in [1.165, 1.54) is 12.1 Å². The van der Waals surface area contributed by atoms with Gasteiger partial charge in [-0.05, 0) is 29.9 Å². The summed E-state index contributed by atoms with van der Waals surface area (Å²) in [4.78, 5) is 14.3. The van der Waals surface area contributed by atoms with Crippen molar-refractivity contribution >= 4 is 5.91 Å². The normalized spacial score (nSPS) is 28.2. The summed E-state index contributed by atoms with van der Waals surface area (Å²) >= 11 is 0. The highest BCUT2D eigenvalue weighted by Gasteiger charge is 2.63. The van der Waals surface area contributed by atoms with Crippen molar-refractivity contribution in [2.75, 3.05) is 33.4 Å². The van der Waals surface area contributed by atoms with Gasteiger partial charge in [-0.15, -0.1) is 0 Å². The minimum Gasteiger partial charge on any atom is -0.484 e. The van der Waals surface area contributed by atoms with Crippen LogP contribution in [0.3, 0.4) is 0 Å². The van der Waals surface area contributed by atoms with E-state index in [4.69, 9.17) is 9.47 Å². The van der Waals surface area contributed by atoms with Gasteiger partial charge >= 0.3 is 0 Å². The molecule has 0 radical (unpaired) electrons. The summed E-state index contributed by atoms with van der Waals surface area (Å²) < 4.78 is 24.0. The molecule has 23 heavy (non-hydrogen) atoms. The lowest BCUT2D eigenvalue weighted by Crippen LogP contribution is -2.55. The molecule has 0 aromatic heterocycles. The van der Waals surface area contributed by atoms with E-state index in [9.17, 15) is 9.18 Å². The maximum Gasteiger partial charge on any atom is 0.260 e. The van der Waals surface area contributed by atoms with Gasteiger partial charge in [0.15, 0.2) is 6.61 Å². The van der Waals surface area contributed by atoms with Crippen LogP contribution in [0.5, 0.6) is 5.75 Å². The van der Waals surface area contributed by atoms with E-state index < -0.39 is 0 Å². The van der Waals surface area contributed by atoms with Crippen molar-refractivity contribution in [1.29, 1.82) is 0 Å². The zero-order valence-corrected chi connectivity index (χ0v) is 14.0. The molecule has 1 aliphatic heterocycles. The number of carbonyl (C=O) groups is 1. The number of hydrogen-bond acceptors (Lipinski definition) is 3. The Morgan fingerprint density at radius 2 is 2.22 bits per heavy atom. The number of fused-ring (bicyclic) bond motifs is 1. The molecule has 2 atom stereocenters. The van der Waals surface area contributed by atoms with Crippen molar-refractivity contribution in [3.63, 3.8) is 0 Å². The summed E-state index contributed by atoms with van der Waals surface area (Å²) in [5, 5.41) is 0. The van der Waals surface area contributed by atoms with Crippen molar-refractivity contribution in [2.24, 2.45) is 16.7 Å². The monoisotopic (exact) mass is 321 g/mol. The Bertz CT molecular complexity index is 604. The lowest BCUT2D eigenvalue weighted by molar-refractivity contribution is -0.133. The Morgan fingerprint density at radius 3 is 2.87 bits per heavy atom. The molecule has 1 aromatic rings. The molecule has 126 valence electrons. The Labute approximate surface area is 136 Å². The first-order chi connectivity index (χ1) is 10.9. The molecular formula is C18H24FNO3. The minimum atomic E-state index is -0.366. The van der Waals surface area contributed by atoms with Gasteiger partial charge in [-0.25, -0.2) is 4.39 Å². The van der Waals surface area contributed by atoms with Crippen LogP contribution in [-0.4, -0.2) is 44.2 Å². The molecule has 1 aromatic carbocycles. The molecule has 0 unspecified atom stereocenters. The standard InChI is InChI=1S/C18H24FNO3/c1-17(2)10-18(12-22-3)11-20(8-15(17)18)16(21)9-23-14-6-4-5-13(19)7-14/h4-7,15H,8-12H2,1-3H3/t15-,18-/m1/s1. The molecule has 1 saturated carbocycles. The maximum absolute atomic E-state index is 13.1. The van der Waals surface area contributed by atoms with E-state index in [0.717, 1.165) is 19.5 Å². The van der Waals surface area contributed by atoms with Crippen LogP contribution in [0.1, 0.15) is 20.3 Å². The number of benzene rings is 1. The van der Waals surface area contributed by atoms with Gasteiger partial charge in [0.25, 0.3) is 5.91 Å². The molecule has 0 N–H and O–H groups in total. The van der Waals surface area contributed by atoms with Crippen LogP contribution in [0.15, 0.2) is 24.3 Å². The fourth-order valence-corrected chi connectivity index (χ4v) is 4.59. The number of ether oxygens (including phenoxy) is 2. The molecule has 1 heterocycles. The largest absolute Gasteiger partial charge is 0.484 e. The van der Waals surface area contributed by atoms with Gasteiger partial charge in [0.05, 0.1) is 6.61 Å². The zero-order chi connectivity index (χ0) is 16.7. The second-order valence-corrected chi connectivity index (χ2v) is 7.53. The summed E-state index contributed by atoms with van der Waals surface area (Å²) in [5.41, 5.74) is 0.337. The molecule has 0 spiro atoms. The number of methoxy groups -OCH3 is 1. The number of halogens is 1. The summed E-state index contributed by atoms with van der Waals surface area (Å²) in [7, 11) is 1.72. The Hall–Kier alpha value is -1.62. The molecule has 1 aliphatic carbocycles. The van der Waals surface area contributed by atoms with Crippen LogP contribution in [0.2, 0.25) is 0 Å². The predicted molar refractivity (Wildman–Crippen MR) is 84.7 cm³/mol. The summed E-state index contributed by atoms with van der Waals surface area (Å²) in [5.74, 6) is 0.436. The molecular weight excluding hydrogens is 297 g/mol. The summed E-state index contributed by atoms with van der Waals surface area (Å²) in [6.45, 7) is 6.61. The third kappa shape index (κ3) is 2.94. The van der Waals surface area contributed by atoms with E-state index in [1.807, 2.05) is 4.90 Å². The third-order valence-corrected chi connectivity index (χ3v) is 5.34. The number of amides is 1. The van der Waals surface area contributed by atoms with Crippen molar-refractivity contribution < 1.29 is 18.7 Å². The van der Waals surface area contributed by atoms with E-state index in [-0.39, 0.29) is 29.2 Å². The molecule has 5 heteroatoms. The van der Waals surface area contributed by atoms with Crippen molar-refractivity contribution in [3.8, 4) is 5.75 Å². The third-order valence-electron chi connectivity index (χ3n) is 5.34. The average molecular weight is 321 g/mol. The van der Waals surface area contributed by atoms with Crippen molar-refractivity contribution in [3.05, 3.63) is 30.1 Å². The van der Waals surface area contributed by atoms with Crippen LogP contribution < -0.4 is 4.74 Å². The molecule has 2 aliphatic rings. The molecule has 1 amide bonds. The first-order valence-electron chi connectivity index (χ1n) is 8.01. The van der Waals surface area contributed by atoms with Gasteiger partial charge in [0, 0.05) is 31.7 Å². The highest BCUT2D eigenvalue weighted by Crippen LogP contribution is 2.62. The quantitative estimate of drug-likeness (QED) is 0.837. The van der Waals surface area contributed by atoms with E-state index in [0.29, 0.717) is 18.3 Å². The first kappa shape index (κ1) is 16.2.